The number of alkyl halides is 1. The Balaban J connectivity index is 0.000000164. The lowest BCUT2D eigenvalue weighted by Gasteiger charge is -2.43. The summed E-state index contributed by atoms with van der Waals surface area (Å²) >= 11 is 0. The summed E-state index contributed by atoms with van der Waals surface area (Å²) in [7, 11) is -3.39. The Morgan fingerprint density at radius 1 is 0.600 bits per heavy atom. The summed E-state index contributed by atoms with van der Waals surface area (Å²) in [6.07, 6.45) is 0.187. The van der Waals surface area contributed by atoms with Crippen molar-refractivity contribution in [2.75, 3.05) is 32.4 Å². The lowest BCUT2D eigenvalue weighted by atomic mass is 9.94. The van der Waals surface area contributed by atoms with Crippen molar-refractivity contribution in [1.82, 2.24) is 9.80 Å². The topological polar surface area (TPSA) is 49.9 Å². The van der Waals surface area contributed by atoms with Crippen molar-refractivity contribution in [3.8, 4) is 0 Å². The second kappa shape index (κ2) is 12.9. The van der Waals surface area contributed by atoms with Crippen LogP contribution in [-0.4, -0.2) is 62.9 Å². The molecule has 4 aromatic rings. The molecule has 40 heavy (non-hydrogen) atoms. The fourth-order valence-electron chi connectivity index (χ4n) is 5.42. The van der Waals surface area contributed by atoms with Crippen molar-refractivity contribution in [2.45, 2.75) is 24.4 Å². The van der Waals surface area contributed by atoms with E-state index >= 15 is 0 Å². The lowest BCUT2D eigenvalue weighted by molar-refractivity contribution is 0.00475. The van der Waals surface area contributed by atoms with E-state index in [1.54, 1.807) is 0 Å². The van der Waals surface area contributed by atoms with E-state index in [0.29, 0.717) is 26.2 Å². The summed E-state index contributed by atoms with van der Waals surface area (Å²) in [6, 6.07) is 41.4. The van der Waals surface area contributed by atoms with Gasteiger partial charge in [0.1, 0.15) is 12.3 Å². The summed E-state index contributed by atoms with van der Waals surface area (Å²) in [4.78, 5) is 4.43. The standard InChI is InChI=1S/C17H19NO3S.C16H16FN/c1-22(19,20)21-16-12-18(13-16)17(14-8-4-2-5-9-14)15-10-6-3-7-11-15;17-15-11-18(12-15)16(13-7-3-1-4-8-13)14-9-5-2-6-10-14/h2-11,16-17H,12-13H2,1H3;1-10,15-16H,11-12H2. The molecule has 5 nitrogen and oxygen atoms in total. The lowest BCUT2D eigenvalue weighted by Crippen LogP contribution is -2.54. The molecular formula is C33H35FN2O3S. The average molecular weight is 559 g/mol. The van der Waals surface area contributed by atoms with Crippen molar-refractivity contribution >= 4 is 10.1 Å². The Kier molecular flexibility index (Phi) is 9.07. The molecule has 0 saturated carbocycles. The van der Waals surface area contributed by atoms with E-state index in [1.165, 1.54) is 22.3 Å². The summed E-state index contributed by atoms with van der Waals surface area (Å²) in [6.45, 7) is 2.30. The van der Waals surface area contributed by atoms with E-state index in [1.807, 2.05) is 72.8 Å². The van der Waals surface area contributed by atoms with Gasteiger partial charge in [-0.1, -0.05) is 121 Å². The fraction of sp³-hybridized carbons (Fsp3) is 0.273. The Morgan fingerprint density at radius 3 is 1.18 bits per heavy atom. The molecule has 0 aliphatic carbocycles. The number of hydrogen-bond donors (Lipinski definition) is 0. The minimum absolute atomic E-state index is 0.127. The van der Waals surface area contributed by atoms with Gasteiger partial charge in [-0.25, -0.2) is 4.39 Å². The maximum atomic E-state index is 13.1. The number of nitrogens with zero attached hydrogens (tertiary/aromatic N) is 2. The molecular weight excluding hydrogens is 523 g/mol. The predicted molar refractivity (Wildman–Crippen MR) is 157 cm³/mol. The Bertz CT molecular complexity index is 1350. The summed E-state index contributed by atoms with van der Waals surface area (Å²) in [5.41, 5.74) is 4.87. The zero-order valence-corrected chi connectivity index (χ0v) is 23.4. The first-order valence-electron chi connectivity index (χ1n) is 13.6. The molecule has 2 fully saturated rings. The second-order valence-electron chi connectivity index (χ2n) is 10.4. The molecule has 6 rings (SSSR count). The van der Waals surface area contributed by atoms with Gasteiger partial charge in [0.15, 0.2) is 0 Å². The minimum atomic E-state index is -3.39. The van der Waals surface area contributed by atoms with Gasteiger partial charge in [-0.05, 0) is 22.3 Å². The first-order valence-corrected chi connectivity index (χ1v) is 15.4. The average Bonchev–Trinajstić information content (AvgIpc) is 2.93. The van der Waals surface area contributed by atoms with Crippen LogP contribution >= 0.6 is 0 Å². The van der Waals surface area contributed by atoms with E-state index in [2.05, 4.69) is 58.3 Å². The van der Waals surface area contributed by atoms with Crippen molar-refractivity contribution in [3.05, 3.63) is 144 Å². The normalized spacial score (nSPS) is 16.7. The first kappa shape index (κ1) is 28.2. The van der Waals surface area contributed by atoms with Crippen LogP contribution in [-0.2, 0) is 14.3 Å². The van der Waals surface area contributed by atoms with Gasteiger partial charge in [-0.15, -0.1) is 0 Å². The van der Waals surface area contributed by atoms with E-state index in [9.17, 15) is 12.8 Å². The van der Waals surface area contributed by atoms with Crippen LogP contribution in [0.25, 0.3) is 0 Å². The molecule has 0 atom stereocenters. The van der Waals surface area contributed by atoms with Crippen molar-refractivity contribution in [3.63, 3.8) is 0 Å². The number of halogens is 1. The van der Waals surface area contributed by atoms with Crippen LogP contribution in [0.2, 0.25) is 0 Å². The highest BCUT2D eigenvalue weighted by Gasteiger charge is 2.36. The number of hydrogen-bond acceptors (Lipinski definition) is 5. The quantitative estimate of drug-likeness (QED) is 0.253. The molecule has 2 aliphatic rings. The van der Waals surface area contributed by atoms with Gasteiger partial charge in [-0.2, -0.15) is 8.42 Å². The minimum Gasteiger partial charge on any atom is -0.287 e. The SMILES string of the molecule is CS(=O)(=O)OC1CN(C(c2ccccc2)c2ccccc2)C1.FC1CN(C(c2ccccc2)c2ccccc2)C1. The van der Waals surface area contributed by atoms with Crippen LogP contribution in [0.1, 0.15) is 34.3 Å². The fourth-order valence-corrected chi connectivity index (χ4v) is 6.04. The largest absolute Gasteiger partial charge is 0.287 e. The Morgan fingerprint density at radius 2 is 0.900 bits per heavy atom. The monoisotopic (exact) mass is 558 g/mol. The first-order chi connectivity index (χ1) is 19.4. The molecule has 2 aliphatic heterocycles. The van der Waals surface area contributed by atoms with E-state index < -0.39 is 16.3 Å². The smallest absolute Gasteiger partial charge is 0.264 e. The van der Waals surface area contributed by atoms with Crippen LogP contribution < -0.4 is 0 Å². The zero-order chi connectivity index (χ0) is 28.0. The summed E-state index contributed by atoms with van der Waals surface area (Å²) in [5, 5.41) is 0. The summed E-state index contributed by atoms with van der Waals surface area (Å²) in [5.74, 6) is 0. The van der Waals surface area contributed by atoms with Gasteiger partial charge in [0.05, 0.1) is 18.3 Å². The zero-order valence-electron chi connectivity index (χ0n) is 22.6. The van der Waals surface area contributed by atoms with Crippen LogP contribution in [0.4, 0.5) is 4.39 Å². The summed E-state index contributed by atoms with van der Waals surface area (Å²) < 4.78 is 40.6. The van der Waals surface area contributed by atoms with Crippen molar-refractivity contribution in [2.24, 2.45) is 0 Å². The van der Waals surface area contributed by atoms with E-state index in [0.717, 1.165) is 6.26 Å². The molecule has 0 unspecified atom stereocenters. The van der Waals surface area contributed by atoms with Crippen LogP contribution in [0.3, 0.4) is 0 Å². The van der Waals surface area contributed by atoms with Crippen molar-refractivity contribution < 1.29 is 17.0 Å². The third-order valence-corrected chi connectivity index (χ3v) is 7.87. The number of rotatable bonds is 8. The number of likely N-dealkylation sites (tertiary alicyclic amines) is 2. The van der Waals surface area contributed by atoms with Crippen molar-refractivity contribution in [1.29, 1.82) is 0 Å². The highest BCUT2D eigenvalue weighted by Crippen LogP contribution is 2.34. The van der Waals surface area contributed by atoms with E-state index in [4.69, 9.17) is 4.18 Å². The molecule has 0 radical (unpaired) electrons. The Labute approximate surface area is 237 Å². The second-order valence-corrected chi connectivity index (χ2v) is 12.0. The van der Waals surface area contributed by atoms with Crippen LogP contribution in [0.15, 0.2) is 121 Å². The maximum absolute atomic E-state index is 13.1. The Hall–Kier alpha value is -3.36. The molecule has 0 N–H and O–H groups in total. The van der Waals surface area contributed by atoms with Crippen LogP contribution in [0.5, 0.6) is 0 Å². The number of benzene rings is 4. The van der Waals surface area contributed by atoms with Gasteiger partial charge >= 0.3 is 0 Å². The predicted octanol–water partition coefficient (Wildman–Crippen LogP) is 5.87. The van der Waals surface area contributed by atoms with Gasteiger partial charge in [-0.3, -0.25) is 14.0 Å². The molecule has 0 amide bonds. The highest BCUT2D eigenvalue weighted by atomic mass is 32.2. The molecule has 0 bridgehead atoms. The van der Waals surface area contributed by atoms with Gasteiger partial charge in [0.25, 0.3) is 10.1 Å². The maximum Gasteiger partial charge on any atom is 0.264 e. The molecule has 4 aromatic carbocycles. The van der Waals surface area contributed by atoms with Gasteiger partial charge in [0.2, 0.25) is 0 Å². The van der Waals surface area contributed by atoms with Crippen LogP contribution in [0, 0.1) is 0 Å². The molecule has 0 aromatic heterocycles. The third kappa shape index (κ3) is 7.23. The molecule has 2 heterocycles. The van der Waals surface area contributed by atoms with Gasteiger partial charge < -0.3 is 0 Å². The van der Waals surface area contributed by atoms with E-state index in [-0.39, 0.29) is 18.2 Å². The molecule has 0 spiro atoms. The highest BCUT2D eigenvalue weighted by molar-refractivity contribution is 7.86. The molecule has 2 saturated heterocycles. The molecule has 7 heteroatoms. The third-order valence-electron chi connectivity index (χ3n) is 7.24. The van der Waals surface area contributed by atoms with Gasteiger partial charge in [0, 0.05) is 26.2 Å². The molecule has 208 valence electrons.